The van der Waals surface area contributed by atoms with Gasteiger partial charge in [0.2, 0.25) is 0 Å². The molecule has 5 nitrogen and oxygen atoms in total. The van der Waals surface area contributed by atoms with Gasteiger partial charge in [-0.05, 0) is 22.6 Å². The third-order valence-electron chi connectivity index (χ3n) is 1.15. The second-order valence-corrected chi connectivity index (χ2v) is 2.23. The number of nitrogens with zero attached hydrogens (tertiary/aromatic N) is 3. The maximum atomic E-state index is 5.66. The average Bonchev–Trinajstić information content (AvgIpc) is 2.15. The molecule has 0 amide bonds. The number of hydrogen-bond donors (Lipinski definition) is 2. The normalized spacial score (nSPS) is 10.2. The zero-order valence-corrected chi connectivity index (χ0v) is 6.94. The van der Waals surface area contributed by atoms with Crippen LogP contribution < -0.4 is 15.9 Å². The third kappa shape index (κ3) is 2.37. The number of benzene rings is 1. The molecule has 0 bridgehead atoms. The Morgan fingerprint density at radius 3 is 2.58 bits per heavy atom. The summed E-state index contributed by atoms with van der Waals surface area (Å²) in [5.74, 6) is 4.86. The smallest absolute Gasteiger partial charge is 0.0801 e. The maximum absolute atomic E-state index is 5.66. The summed E-state index contributed by atoms with van der Waals surface area (Å²) < 4.78 is 1.08. The molecule has 1 rings (SSSR count). The van der Waals surface area contributed by atoms with Gasteiger partial charge in [-0.3, -0.25) is 0 Å². The third-order valence-corrected chi connectivity index (χ3v) is 1.41. The highest BCUT2D eigenvalue weighted by Gasteiger charge is 1.97. The fourth-order valence-corrected chi connectivity index (χ4v) is 0.814. The van der Waals surface area contributed by atoms with Gasteiger partial charge < -0.3 is 0 Å². The standard InChI is InChI=1S/C6H8ClN5/c7-12(11-10-9-8)6-4-2-1-3-5-6/h1-5H,(H2,8,10)(H,9,11). The van der Waals surface area contributed by atoms with Gasteiger partial charge in [-0.1, -0.05) is 18.2 Å². The monoisotopic (exact) mass is 185 g/mol. The van der Waals surface area contributed by atoms with Crippen LogP contribution in [0, 0.1) is 0 Å². The minimum absolute atomic E-state index is 0.721. The molecule has 1 aromatic rings. The lowest BCUT2D eigenvalue weighted by atomic mass is 10.3. The SMILES string of the molecule is NNN=NN(Cl)c1ccccc1. The van der Waals surface area contributed by atoms with E-state index in [1.807, 2.05) is 23.7 Å². The van der Waals surface area contributed by atoms with Crippen molar-refractivity contribution in [2.45, 2.75) is 0 Å². The highest BCUT2D eigenvalue weighted by Crippen LogP contribution is 2.15. The number of rotatable bonds is 3. The Bertz CT molecular complexity index is 249. The first-order valence-electron chi connectivity index (χ1n) is 3.22. The van der Waals surface area contributed by atoms with Gasteiger partial charge in [0.1, 0.15) is 0 Å². The summed E-state index contributed by atoms with van der Waals surface area (Å²) in [6.45, 7) is 0. The Morgan fingerprint density at radius 2 is 2.00 bits per heavy atom. The maximum Gasteiger partial charge on any atom is 0.0801 e. The number of nitrogens with one attached hydrogen (secondary N) is 1. The molecule has 0 fully saturated rings. The van der Waals surface area contributed by atoms with Crippen LogP contribution >= 0.6 is 11.8 Å². The Balaban J connectivity index is 2.65. The zero-order valence-electron chi connectivity index (χ0n) is 6.18. The molecule has 0 aliphatic rings. The van der Waals surface area contributed by atoms with Crippen LogP contribution in [0.3, 0.4) is 0 Å². The van der Waals surface area contributed by atoms with Gasteiger partial charge in [-0.2, -0.15) is 4.53 Å². The van der Waals surface area contributed by atoms with E-state index in [0.29, 0.717) is 0 Å². The number of halogens is 1. The van der Waals surface area contributed by atoms with Gasteiger partial charge in [-0.15, -0.1) is 0 Å². The fraction of sp³-hybridized carbons (Fsp3) is 0. The Morgan fingerprint density at radius 1 is 1.33 bits per heavy atom. The molecule has 3 N–H and O–H groups in total. The van der Waals surface area contributed by atoms with E-state index in [2.05, 4.69) is 10.4 Å². The van der Waals surface area contributed by atoms with E-state index in [1.165, 1.54) is 0 Å². The molecule has 1 aromatic carbocycles. The van der Waals surface area contributed by atoms with E-state index < -0.39 is 0 Å². The van der Waals surface area contributed by atoms with E-state index in [1.54, 1.807) is 12.1 Å². The Labute approximate surface area is 74.9 Å². The molecular formula is C6H8ClN5. The predicted octanol–water partition coefficient (Wildman–Crippen LogP) is 1.39. The van der Waals surface area contributed by atoms with Crippen LogP contribution in [0.15, 0.2) is 40.8 Å². The number of para-hydroxylation sites is 1. The second kappa shape index (κ2) is 4.53. The quantitative estimate of drug-likeness (QED) is 0.324. The highest BCUT2D eigenvalue weighted by atomic mass is 35.5. The number of nitrogens with two attached hydrogens (primary N) is 1. The van der Waals surface area contributed by atoms with Crippen LogP contribution in [-0.2, 0) is 0 Å². The van der Waals surface area contributed by atoms with E-state index in [-0.39, 0.29) is 0 Å². The van der Waals surface area contributed by atoms with Crippen molar-refractivity contribution in [2.24, 2.45) is 16.3 Å². The van der Waals surface area contributed by atoms with E-state index in [0.717, 1.165) is 10.2 Å². The van der Waals surface area contributed by atoms with Crippen molar-refractivity contribution in [3.8, 4) is 0 Å². The molecule has 0 atom stereocenters. The van der Waals surface area contributed by atoms with Crippen molar-refractivity contribution in [1.29, 1.82) is 0 Å². The van der Waals surface area contributed by atoms with Gasteiger partial charge in [0.15, 0.2) is 0 Å². The summed E-state index contributed by atoms with van der Waals surface area (Å²) in [6.07, 6.45) is 0. The van der Waals surface area contributed by atoms with Crippen molar-refractivity contribution in [1.82, 2.24) is 5.53 Å². The van der Waals surface area contributed by atoms with Crippen molar-refractivity contribution < 1.29 is 0 Å². The molecule has 0 aliphatic heterocycles. The lowest BCUT2D eigenvalue weighted by Crippen LogP contribution is -2.14. The largest absolute Gasteiger partial charge is 0.233 e. The molecule has 0 saturated carbocycles. The van der Waals surface area contributed by atoms with Crippen LogP contribution in [0.4, 0.5) is 5.69 Å². The first-order chi connectivity index (χ1) is 5.84. The van der Waals surface area contributed by atoms with Gasteiger partial charge in [0.25, 0.3) is 0 Å². The molecule has 0 saturated heterocycles. The van der Waals surface area contributed by atoms with Crippen LogP contribution in [-0.4, -0.2) is 0 Å². The average molecular weight is 186 g/mol. The molecule has 0 unspecified atom stereocenters. The van der Waals surface area contributed by atoms with Crippen molar-refractivity contribution >= 4 is 17.5 Å². The molecule has 0 aromatic heterocycles. The first-order valence-corrected chi connectivity index (χ1v) is 3.55. The lowest BCUT2D eigenvalue weighted by molar-refractivity contribution is 0.719. The van der Waals surface area contributed by atoms with Crippen LogP contribution in [0.2, 0.25) is 0 Å². The summed E-state index contributed by atoms with van der Waals surface area (Å²) in [4.78, 5) is 0. The van der Waals surface area contributed by atoms with Crippen LogP contribution in [0.1, 0.15) is 0 Å². The van der Waals surface area contributed by atoms with E-state index >= 15 is 0 Å². The summed E-state index contributed by atoms with van der Waals surface area (Å²) in [7, 11) is 0. The van der Waals surface area contributed by atoms with E-state index in [4.69, 9.17) is 17.6 Å². The molecule has 0 aliphatic carbocycles. The van der Waals surface area contributed by atoms with Crippen LogP contribution in [0.5, 0.6) is 0 Å². The molecule has 64 valence electrons. The van der Waals surface area contributed by atoms with Gasteiger partial charge in [0.05, 0.1) is 5.69 Å². The first kappa shape index (κ1) is 8.76. The Hall–Kier alpha value is -1.33. The number of hydrazine groups is 1. The highest BCUT2D eigenvalue weighted by molar-refractivity contribution is 6.25. The van der Waals surface area contributed by atoms with Gasteiger partial charge in [-0.25, -0.2) is 11.4 Å². The summed E-state index contributed by atoms with van der Waals surface area (Å²) in [5.41, 5.74) is 2.72. The molecule has 6 heteroatoms. The van der Waals surface area contributed by atoms with Crippen LogP contribution in [0.25, 0.3) is 0 Å². The minimum Gasteiger partial charge on any atom is -0.233 e. The zero-order chi connectivity index (χ0) is 8.81. The predicted molar refractivity (Wildman–Crippen MR) is 47.0 cm³/mol. The second-order valence-electron chi connectivity index (χ2n) is 1.91. The summed E-state index contributed by atoms with van der Waals surface area (Å²) in [5, 5.41) is 6.80. The van der Waals surface area contributed by atoms with Gasteiger partial charge >= 0.3 is 0 Å². The van der Waals surface area contributed by atoms with Crippen molar-refractivity contribution in [3.05, 3.63) is 30.3 Å². The summed E-state index contributed by atoms with van der Waals surface area (Å²) in [6, 6.07) is 9.16. The Kier molecular flexibility index (Phi) is 3.31. The summed E-state index contributed by atoms with van der Waals surface area (Å²) >= 11 is 5.66. The number of hydrogen-bond acceptors (Lipinski definition) is 3. The lowest BCUT2D eigenvalue weighted by Gasteiger charge is -2.05. The molecule has 0 radical (unpaired) electrons. The molecular weight excluding hydrogens is 178 g/mol. The van der Waals surface area contributed by atoms with Crippen molar-refractivity contribution in [2.75, 3.05) is 4.53 Å². The fourth-order valence-electron chi connectivity index (χ4n) is 0.668. The molecule has 0 spiro atoms. The van der Waals surface area contributed by atoms with Crippen molar-refractivity contribution in [3.63, 3.8) is 0 Å². The van der Waals surface area contributed by atoms with Gasteiger partial charge in [0, 0.05) is 11.8 Å². The van der Waals surface area contributed by atoms with E-state index in [9.17, 15) is 0 Å². The molecule has 12 heavy (non-hydrogen) atoms. The topological polar surface area (TPSA) is 66.0 Å². The minimum atomic E-state index is 0.721. The molecule has 0 heterocycles. The number of anilines is 1.